The average molecular weight is 348 g/mol. The lowest BCUT2D eigenvalue weighted by molar-refractivity contribution is -0.0149. The third-order valence-electron chi connectivity index (χ3n) is 4.59. The molecule has 1 fully saturated rings. The molecule has 0 aromatic heterocycles. The number of rotatable bonds is 5. The Balaban J connectivity index is 0.000000515. The average Bonchev–Trinajstić information content (AvgIpc) is 2.57. The number of ether oxygens (including phenoxy) is 1. The van der Waals surface area contributed by atoms with E-state index in [2.05, 4.69) is 17.2 Å². The highest BCUT2D eigenvalue weighted by Gasteiger charge is 2.58. The molecule has 0 aromatic rings. The highest BCUT2D eigenvalue weighted by molar-refractivity contribution is 6.70. The zero-order valence-electron chi connectivity index (χ0n) is 16.4. The summed E-state index contributed by atoms with van der Waals surface area (Å²) in [6, 6.07) is 1.06. The number of nitrogens with one attached hydrogen (secondary N) is 1. The lowest BCUT2D eigenvalue weighted by Gasteiger charge is -2.47. The largest absolute Gasteiger partial charge is 0.396 e. The summed E-state index contributed by atoms with van der Waals surface area (Å²) in [5, 5.41) is 2.81. The molecular weight excluding hydrogens is 310 g/mol. The number of nitrogens with zero attached hydrogens (tertiary/aromatic N) is 2. The molecule has 1 aliphatic rings. The Morgan fingerprint density at radius 1 is 1.22 bits per heavy atom. The van der Waals surface area contributed by atoms with Gasteiger partial charge in [0.2, 0.25) is 0 Å². The van der Waals surface area contributed by atoms with E-state index in [1.54, 1.807) is 28.4 Å². The molecule has 0 saturated carbocycles. The highest BCUT2D eigenvalue weighted by Crippen LogP contribution is 2.42. The fraction of sp³-hybridized carbons (Fsp3) is 0.938. The standard InChI is InChI=1S/C11H24O3Si.C5H13N3/c1-5-8-11(12-2)9-6-7-10-15(11,13-3)14-4;1-6-5(7-2)8(3)4/h5-10H2,1-4H3;1-4H3,(H,6,7). The number of hydrogen-bond donors (Lipinski definition) is 1. The maximum Gasteiger partial charge on any atom is 0.370 e. The summed E-state index contributed by atoms with van der Waals surface area (Å²) in [6.45, 7) is 2.19. The zero-order chi connectivity index (χ0) is 17.9. The molecule has 0 spiro atoms. The molecular formula is C16H37N3O3Si. The summed E-state index contributed by atoms with van der Waals surface area (Å²) in [5.74, 6) is 0.894. The second-order valence-electron chi connectivity index (χ2n) is 6.01. The van der Waals surface area contributed by atoms with Crippen molar-refractivity contribution in [2.24, 2.45) is 4.99 Å². The van der Waals surface area contributed by atoms with Crippen LogP contribution in [0.5, 0.6) is 0 Å². The van der Waals surface area contributed by atoms with Crippen molar-refractivity contribution in [1.82, 2.24) is 10.2 Å². The molecule has 23 heavy (non-hydrogen) atoms. The topological polar surface area (TPSA) is 55.3 Å². The van der Waals surface area contributed by atoms with Gasteiger partial charge in [-0.15, -0.1) is 0 Å². The summed E-state index contributed by atoms with van der Waals surface area (Å²) in [5.41, 5.74) is 0. The van der Waals surface area contributed by atoms with Crippen molar-refractivity contribution in [2.75, 3.05) is 49.5 Å². The van der Waals surface area contributed by atoms with Gasteiger partial charge in [0.05, 0.1) is 0 Å². The van der Waals surface area contributed by atoms with Crippen LogP contribution in [0.2, 0.25) is 6.04 Å². The molecule has 0 radical (unpaired) electrons. The quantitative estimate of drug-likeness (QED) is 0.470. The van der Waals surface area contributed by atoms with E-state index in [4.69, 9.17) is 13.6 Å². The molecule has 0 aliphatic carbocycles. The van der Waals surface area contributed by atoms with Crippen molar-refractivity contribution in [3.63, 3.8) is 0 Å². The van der Waals surface area contributed by atoms with Gasteiger partial charge in [-0.2, -0.15) is 0 Å². The molecule has 7 heteroatoms. The van der Waals surface area contributed by atoms with Crippen molar-refractivity contribution >= 4 is 14.5 Å². The van der Waals surface area contributed by atoms with Gasteiger partial charge in [0.1, 0.15) is 5.22 Å². The Kier molecular flexibility index (Phi) is 10.7. The van der Waals surface area contributed by atoms with Crippen molar-refractivity contribution in [3.8, 4) is 0 Å². The molecule has 0 aromatic carbocycles. The molecule has 1 saturated heterocycles. The van der Waals surface area contributed by atoms with Crippen LogP contribution in [0.3, 0.4) is 0 Å². The number of methoxy groups -OCH3 is 1. The first-order valence-corrected chi connectivity index (χ1v) is 10.4. The van der Waals surface area contributed by atoms with Crippen LogP contribution in [0.15, 0.2) is 4.99 Å². The van der Waals surface area contributed by atoms with Crippen LogP contribution in [-0.2, 0) is 13.6 Å². The smallest absolute Gasteiger partial charge is 0.370 e. The van der Waals surface area contributed by atoms with Crippen molar-refractivity contribution in [2.45, 2.75) is 50.3 Å². The highest BCUT2D eigenvalue weighted by atomic mass is 28.4. The second-order valence-corrected chi connectivity index (χ2v) is 9.74. The van der Waals surface area contributed by atoms with Gasteiger partial charge in [-0.3, -0.25) is 4.99 Å². The van der Waals surface area contributed by atoms with Gasteiger partial charge in [0, 0.05) is 49.5 Å². The van der Waals surface area contributed by atoms with E-state index in [-0.39, 0.29) is 5.22 Å². The molecule has 1 heterocycles. The van der Waals surface area contributed by atoms with Crippen LogP contribution < -0.4 is 5.32 Å². The lowest BCUT2D eigenvalue weighted by atomic mass is 10.1. The summed E-state index contributed by atoms with van der Waals surface area (Å²) in [6.07, 6.45) is 5.70. The van der Waals surface area contributed by atoms with Crippen LogP contribution in [0.1, 0.15) is 39.0 Å². The van der Waals surface area contributed by atoms with Crippen molar-refractivity contribution < 1.29 is 13.6 Å². The normalized spacial score (nSPS) is 23.7. The maximum absolute atomic E-state index is 5.83. The summed E-state index contributed by atoms with van der Waals surface area (Å²) >= 11 is 0. The minimum Gasteiger partial charge on any atom is -0.396 e. The SMILES string of the molecule is CCCC1(OC)CCCC[Si]1(OC)OC.CN=C(NC)N(C)C. The summed E-state index contributed by atoms with van der Waals surface area (Å²) in [7, 11) is 10.7. The van der Waals surface area contributed by atoms with E-state index in [0.717, 1.165) is 31.3 Å². The van der Waals surface area contributed by atoms with Gasteiger partial charge in [-0.25, -0.2) is 0 Å². The van der Waals surface area contributed by atoms with Gasteiger partial charge in [0.25, 0.3) is 0 Å². The summed E-state index contributed by atoms with van der Waals surface area (Å²) < 4.78 is 17.4. The Bertz CT molecular complexity index is 345. The molecule has 6 nitrogen and oxygen atoms in total. The van der Waals surface area contributed by atoms with Crippen molar-refractivity contribution in [1.29, 1.82) is 0 Å². The molecule has 1 rings (SSSR count). The minimum atomic E-state index is -2.15. The van der Waals surface area contributed by atoms with Gasteiger partial charge in [-0.05, 0) is 18.9 Å². The lowest BCUT2D eigenvalue weighted by Crippen LogP contribution is -2.64. The number of aliphatic imine (C=N–C) groups is 1. The van der Waals surface area contributed by atoms with E-state index in [9.17, 15) is 0 Å². The Morgan fingerprint density at radius 3 is 2.13 bits per heavy atom. The van der Waals surface area contributed by atoms with E-state index in [0.29, 0.717) is 0 Å². The molecule has 138 valence electrons. The van der Waals surface area contributed by atoms with Crippen LogP contribution in [0.4, 0.5) is 0 Å². The zero-order valence-corrected chi connectivity index (χ0v) is 17.4. The molecule has 0 amide bonds. The van der Waals surface area contributed by atoms with Gasteiger partial charge in [0.15, 0.2) is 5.96 Å². The maximum atomic E-state index is 5.83. The molecule has 1 atom stereocenters. The fourth-order valence-electron chi connectivity index (χ4n) is 3.46. The first kappa shape index (κ1) is 22.4. The molecule has 1 unspecified atom stereocenters. The first-order chi connectivity index (χ1) is 10.9. The second kappa shape index (κ2) is 11.0. The van der Waals surface area contributed by atoms with E-state index in [1.807, 2.05) is 26.0 Å². The monoisotopic (exact) mass is 347 g/mol. The fourth-order valence-corrected chi connectivity index (χ4v) is 7.45. The number of hydrogen-bond acceptors (Lipinski definition) is 4. The molecule has 1 N–H and O–H groups in total. The predicted molar refractivity (Wildman–Crippen MR) is 99.2 cm³/mol. The van der Waals surface area contributed by atoms with Crippen LogP contribution in [-0.4, -0.2) is 74.2 Å². The Hall–Kier alpha value is -0.633. The van der Waals surface area contributed by atoms with Gasteiger partial charge in [-0.1, -0.05) is 26.2 Å². The van der Waals surface area contributed by atoms with E-state index < -0.39 is 8.56 Å². The van der Waals surface area contributed by atoms with Crippen LogP contribution in [0.25, 0.3) is 0 Å². The predicted octanol–water partition coefficient (Wildman–Crippen LogP) is 2.38. The summed E-state index contributed by atoms with van der Waals surface area (Å²) in [4.78, 5) is 5.85. The number of guanidine groups is 1. The van der Waals surface area contributed by atoms with Crippen LogP contribution >= 0.6 is 0 Å². The molecule has 1 aliphatic heterocycles. The van der Waals surface area contributed by atoms with Crippen LogP contribution in [0, 0.1) is 0 Å². The third-order valence-corrected chi connectivity index (χ3v) is 9.02. The van der Waals surface area contributed by atoms with E-state index in [1.165, 1.54) is 12.8 Å². The van der Waals surface area contributed by atoms with Gasteiger partial charge < -0.3 is 23.8 Å². The first-order valence-electron chi connectivity index (χ1n) is 8.39. The van der Waals surface area contributed by atoms with Gasteiger partial charge >= 0.3 is 8.56 Å². The van der Waals surface area contributed by atoms with Crippen molar-refractivity contribution in [3.05, 3.63) is 0 Å². The Morgan fingerprint density at radius 2 is 1.83 bits per heavy atom. The van der Waals surface area contributed by atoms with E-state index >= 15 is 0 Å². The Labute approximate surface area is 143 Å². The molecule has 0 bridgehead atoms. The minimum absolute atomic E-state index is 0.122. The third kappa shape index (κ3) is 5.44.